The highest BCUT2D eigenvalue weighted by Gasteiger charge is 2.10. The summed E-state index contributed by atoms with van der Waals surface area (Å²) in [5, 5.41) is 5.27. The summed E-state index contributed by atoms with van der Waals surface area (Å²) in [5.41, 5.74) is 8.91. The van der Waals surface area contributed by atoms with E-state index in [1.54, 1.807) is 10.9 Å². The summed E-state index contributed by atoms with van der Waals surface area (Å²) < 4.78 is 1.80. The van der Waals surface area contributed by atoms with Crippen LogP contribution in [0, 0.1) is 0 Å². The van der Waals surface area contributed by atoms with Crippen LogP contribution in [0.3, 0.4) is 0 Å². The molecule has 0 bridgehead atoms. The van der Waals surface area contributed by atoms with Crippen molar-refractivity contribution < 1.29 is 0 Å². The summed E-state index contributed by atoms with van der Waals surface area (Å²) in [5.74, 6) is 0.682. The Morgan fingerprint density at radius 2 is 1.52 bits per heavy atom. The van der Waals surface area contributed by atoms with Crippen LogP contribution in [0.2, 0.25) is 0 Å². The molecule has 2 N–H and O–H groups in total. The van der Waals surface area contributed by atoms with Crippen LogP contribution >= 0.6 is 0 Å². The van der Waals surface area contributed by atoms with Gasteiger partial charge in [-0.25, -0.2) is 14.6 Å². The standard InChI is InChI=1S/C17H14N6/c1-3-7-13(8-4-1)21-22-16-15-11-20-23(17(15)19-12-18-16)14-9-5-2-6-10-14/h1-12,21H,(H,18,19,22). The first-order chi connectivity index (χ1) is 11.4. The first kappa shape index (κ1) is 13.3. The van der Waals surface area contributed by atoms with Gasteiger partial charge in [0.1, 0.15) is 6.33 Å². The van der Waals surface area contributed by atoms with Crippen LogP contribution < -0.4 is 10.9 Å². The number of hydrogen-bond acceptors (Lipinski definition) is 5. The Hall–Kier alpha value is -3.41. The lowest BCUT2D eigenvalue weighted by Gasteiger charge is -2.09. The second kappa shape index (κ2) is 5.76. The third kappa shape index (κ3) is 2.57. The second-order valence-electron chi connectivity index (χ2n) is 4.97. The average molecular weight is 302 g/mol. The molecule has 23 heavy (non-hydrogen) atoms. The minimum Gasteiger partial charge on any atom is -0.300 e. The molecule has 0 aliphatic heterocycles. The molecule has 0 aliphatic rings. The zero-order chi connectivity index (χ0) is 15.5. The SMILES string of the molecule is c1ccc(NNc2ncnc3c2cnn3-c2ccccc2)cc1. The van der Waals surface area contributed by atoms with Crippen molar-refractivity contribution in [3.05, 3.63) is 73.2 Å². The Bertz CT molecular complexity index is 918. The molecule has 0 fully saturated rings. The number of benzene rings is 2. The largest absolute Gasteiger partial charge is 0.300 e. The molecule has 2 heterocycles. The first-order valence-corrected chi connectivity index (χ1v) is 7.23. The van der Waals surface area contributed by atoms with Gasteiger partial charge in [-0.2, -0.15) is 5.10 Å². The molecule has 0 spiro atoms. The van der Waals surface area contributed by atoms with Crippen LogP contribution in [-0.4, -0.2) is 19.7 Å². The van der Waals surface area contributed by atoms with Crippen molar-refractivity contribution in [1.82, 2.24) is 19.7 Å². The molecular formula is C17H14N6. The van der Waals surface area contributed by atoms with E-state index in [0.717, 1.165) is 22.4 Å². The van der Waals surface area contributed by atoms with Gasteiger partial charge in [0, 0.05) is 0 Å². The zero-order valence-electron chi connectivity index (χ0n) is 12.2. The van der Waals surface area contributed by atoms with Crippen molar-refractivity contribution in [3.63, 3.8) is 0 Å². The molecule has 0 amide bonds. The van der Waals surface area contributed by atoms with E-state index >= 15 is 0 Å². The van der Waals surface area contributed by atoms with Crippen molar-refractivity contribution >= 4 is 22.5 Å². The lowest BCUT2D eigenvalue weighted by atomic mass is 10.3. The average Bonchev–Trinajstić information content (AvgIpc) is 3.06. The fourth-order valence-electron chi connectivity index (χ4n) is 2.35. The molecule has 4 rings (SSSR count). The van der Waals surface area contributed by atoms with E-state index in [0.29, 0.717) is 5.82 Å². The zero-order valence-corrected chi connectivity index (χ0v) is 12.2. The number of hydrogen-bond donors (Lipinski definition) is 2. The van der Waals surface area contributed by atoms with Crippen LogP contribution in [0.1, 0.15) is 0 Å². The molecule has 4 aromatic rings. The molecule has 0 saturated heterocycles. The summed E-state index contributed by atoms with van der Waals surface area (Å²) in [6, 6.07) is 19.7. The smallest absolute Gasteiger partial charge is 0.168 e. The fraction of sp³-hybridized carbons (Fsp3) is 0. The number of para-hydroxylation sites is 2. The van der Waals surface area contributed by atoms with E-state index in [1.807, 2.05) is 60.7 Å². The summed E-state index contributed by atoms with van der Waals surface area (Å²) >= 11 is 0. The van der Waals surface area contributed by atoms with E-state index < -0.39 is 0 Å². The van der Waals surface area contributed by atoms with Gasteiger partial charge in [0.05, 0.1) is 23.0 Å². The van der Waals surface area contributed by atoms with Crippen LogP contribution in [0.5, 0.6) is 0 Å². The maximum absolute atomic E-state index is 4.43. The lowest BCUT2D eigenvalue weighted by molar-refractivity contribution is 0.895. The number of hydrazine groups is 1. The molecule has 0 unspecified atom stereocenters. The third-order valence-electron chi connectivity index (χ3n) is 3.47. The van der Waals surface area contributed by atoms with Gasteiger partial charge in [-0.05, 0) is 24.3 Å². The molecule has 0 aliphatic carbocycles. The number of anilines is 2. The van der Waals surface area contributed by atoms with Gasteiger partial charge in [0.25, 0.3) is 0 Å². The minimum absolute atomic E-state index is 0.682. The molecule has 112 valence electrons. The third-order valence-corrected chi connectivity index (χ3v) is 3.47. The van der Waals surface area contributed by atoms with Crippen LogP contribution in [-0.2, 0) is 0 Å². The Kier molecular flexibility index (Phi) is 3.32. The summed E-state index contributed by atoms with van der Waals surface area (Å²) in [6.45, 7) is 0. The first-order valence-electron chi connectivity index (χ1n) is 7.23. The maximum Gasteiger partial charge on any atom is 0.168 e. The van der Waals surface area contributed by atoms with E-state index in [9.17, 15) is 0 Å². The predicted molar refractivity (Wildman–Crippen MR) is 90.3 cm³/mol. The fourth-order valence-corrected chi connectivity index (χ4v) is 2.35. The Morgan fingerprint density at radius 3 is 2.30 bits per heavy atom. The normalized spacial score (nSPS) is 10.6. The number of nitrogens with zero attached hydrogens (tertiary/aromatic N) is 4. The summed E-state index contributed by atoms with van der Waals surface area (Å²) in [4.78, 5) is 8.65. The van der Waals surface area contributed by atoms with Crippen molar-refractivity contribution in [2.24, 2.45) is 0 Å². The van der Waals surface area contributed by atoms with Gasteiger partial charge < -0.3 is 0 Å². The van der Waals surface area contributed by atoms with Crippen LogP contribution in [0.15, 0.2) is 73.2 Å². The molecule has 0 radical (unpaired) electrons. The van der Waals surface area contributed by atoms with Gasteiger partial charge in [-0.15, -0.1) is 0 Å². The van der Waals surface area contributed by atoms with Gasteiger partial charge >= 0.3 is 0 Å². The Balaban J connectivity index is 1.68. The van der Waals surface area contributed by atoms with Gasteiger partial charge in [-0.3, -0.25) is 10.9 Å². The van der Waals surface area contributed by atoms with Crippen molar-refractivity contribution in [1.29, 1.82) is 0 Å². The maximum atomic E-state index is 4.43. The highest BCUT2D eigenvalue weighted by atomic mass is 15.4. The molecule has 2 aromatic carbocycles. The highest BCUT2D eigenvalue weighted by molar-refractivity contribution is 5.87. The van der Waals surface area contributed by atoms with E-state index in [1.165, 1.54) is 6.33 Å². The van der Waals surface area contributed by atoms with Crippen molar-refractivity contribution in [2.45, 2.75) is 0 Å². The molecule has 2 aromatic heterocycles. The monoisotopic (exact) mass is 302 g/mol. The lowest BCUT2D eigenvalue weighted by Crippen LogP contribution is -2.10. The van der Waals surface area contributed by atoms with Gasteiger partial charge in [-0.1, -0.05) is 36.4 Å². The molecule has 0 saturated carbocycles. The van der Waals surface area contributed by atoms with Crippen LogP contribution in [0.4, 0.5) is 11.5 Å². The van der Waals surface area contributed by atoms with E-state index in [2.05, 4.69) is 25.9 Å². The Morgan fingerprint density at radius 1 is 0.783 bits per heavy atom. The van der Waals surface area contributed by atoms with Crippen LogP contribution in [0.25, 0.3) is 16.7 Å². The van der Waals surface area contributed by atoms with E-state index in [4.69, 9.17) is 0 Å². The topological polar surface area (TPSA) is 67.7 Å². The Labute approximate surface area is 132 Å². The highest BCUT2D eigenvalue weighted by Crippen LogP contribution is 2.21. The van der Waals surface area contributed by atoms with Crippen molar-refractivity contribution in [2.75, 3.05) is 10.9 Å². The second-order valence-corrected chi connectivity index (χ2v) is 4.97. The van der Waals surface area contributed by atoms with Crippen molar-refractivity contribution in [3.8, 4) is 5.69 Å². The molecule has 0 atom stereocenters. The number of nitrogens with one attached hydrogen (secondary N) is 2. The predicted octanol–water partition coefficient (Wildman–Crippen LogP) is 3.25. The number of rotatable bonds is 4. The summed E-state index contributed by atoms with van der Waals surface area (Å²) in [6.07, 6.45) is 3.29. The quantitative estimate of drug-likeness (QED) is 0.566. The number of fused-ring (bicyclic) bond motifs is 1. The van der Waals surface area contributed by atoms with Gasteiger partial charge in [0.2, 0.25) is 0 Å². The van der Waals surface area contributed by atoms with E-state index in [-0.39, 0.29) is 0 Å². The summed E-state index contributed by atoms with van der Waals surface area (Å²) in [7, 11) is 0. The molecule has 6 heteroatoms. The van der Waals surface area contributed by atoms with Gasteiger partial charge in [0.15, 0.2) is 11.5 Å². The molecular weight excluding hydrogens is 288 g/mol. The molecule has 6 nitrogen and oxygen atoms in total. The number of aromatic nitrogens is 4. The minimum atomic E-state index is 0.682.